The Morgan fingerprint density at radius 3 is 2.57 bits per heavy atom. The Balaban J connectivity index is 2.16. The zero-order valence-corrected chi connectivity index (χ0v) is 12.7. The molecule has 0 saturated heterocycles. The van der Waals surface area contributed by atoms with Crippen molar-refractivity contribution in [2.45, 2.75) is 13.2 Å². The third kappa shape index (κ3) is 3.56. The van der Waals surface area contributed by atoms with Crippen LogP contribution in [0.3, 0.4) is 0 Å². The second kappa shape index (κ2) is 7.15. The van der Waals surface area contributed by atoms with Gasteiger partial charge in [-0.25, -0.2) is 0 Å². The molecule has 0 aliphatic carbocycles. The summed E-state index contributed by atoms with van der Waals surface area (Å²) in [6, 6.07) is 7.17. The molecular weight excluding hydrogens is 292 g/mol. The predicted octanol–water partition coefficient (Wildman–Crippen LogP) is 2.79. The maximum atomic E-state index is 6.15. The molecule has 0 spiro atoms. The zero-order valence-electron chi connectivity index (χ0n) is 11.9. The highest BCUT2D eigenvalue weighted by Crippen LogP contribution is 2.31. The number of halogens is 1. The van der Waals surface area contributed by atoms with Crippen molar-refractivity contribution in [2.75, 3.05) is 14.2 Å². The van der Waals surface area contributed by atoms with Crippen molar-refractivity contribution in [1.29, 1.82) is 0 Å². The summed E-state index contributed by atoms with van der Waals surface area (Å²) >= 11 is 6.15. The Bertz CT molecular complexity index is 620. The van der Waals surface area contributed by atoms with Crippen molar-refractivity contribution in [3.63, 3.8) is 0 Å². The number of hydrogen-bond donors (Lipinski definition) is 1. The lowest BCUT2D eigenvalue weighted by atomic mass is 10.2. The molecule has 2 N–H and O–H groups in total. The molecule has 0 unspecified atom stereocenters. The summed E-state index contributed by atoms with van der Waals surface area (Å²) in [5.74, 6) is 1.73. The Morgan fingerprint density at radius 2 is 1.95 bits per heavy atom. The van der Waals surface area contributed by atoms with E-state index >= 15 is 0 Å². The number of ether oxygens (including phenoxy) is 3. The monoisotopic (exact) mass is 308 g/mol. The minimum Gasteiger partial charge on any atom is -0.493 e. The summed E-state index contributed by atoms with van der Waals surface area (Å²) in [4.78, 5) is 4.24. The van der Waals surface area contributed by atoms with E-state index in [2.05, 4.69) is 4.98 Å². The van der Waals surface area contributed by atoms with Crippen molar-refractivity contribution in [2.24, 2.45) is 5.73 Å². The number of nitrogens with zero attached hydrogens (tertiary/aromatic N) is 1. The normalized spacial score (nSPS) is 10.3. The largest absolute Gasteiger partial charge is 0.493 e. The molecular formula is C15H17ClN2O3. The van der Waals surface area contributed by atoms with Crippen molar-refractivity contribution < 1.29 is 14.2 Å². The van der Waals surface area contributed by atoms with Gasteiger partial charge in [0.2, 0.25) is 0 Å². The van der Waals surface area contributed by atoms with E-state index in [1.807, 2.05) is 6.07 Å². The van der Waals surface area contributed by atoms with E-state index < -0.39 is 0 Å². The fourth-order valence-electron chi connectivity index (χ4n) is 1.89. The van der Waals surface area contributed by atoms with Crippen LogP contribution in [0.25, 0.3) is 0 Å². The maximum absolute atomic E-state index is 6.15. The third-order valence-electron chi connectivity index (χ3n) is 2.96. The first-order chi connectivity index (χ1) is 10.2. The van der Waals surface area contributed by atoms with Gasteiger partial charge in [-0.1, -0.05) is 17.7 Å². The zero-order chi connectivity index (χ0) is 15.2. The van der Waals surface area contributed by atoms with Gasteiger partial charge in [0.1, 0.15) is 18.1 Å². The summed E-state index contributed by atoms with van der Waals surface area (Å²) in [7, 11) is 3.14. The van der Waals surface area contributed by atoms with Crippen molar-refractivity contribution in [3.05, 3.63) is 46.7 Å². The average molecular weight is 309 g/mol. The molecule has 0 atom stereocenters. The molecule has 0 saturated carbocycles. The second-order valence-corrected chi connectivity index (χ2v) is 4.66. The average Bonchev–Trinajstić information content (AvgIpc) is 2.52. The standard InChI is InChI=1S/C15H17ClN2O3/c1-19-14-5-6-18-12(15(14)20-2)9-21-13-4-3-10(8-17)7-11(13)16/h3-7H,8-9,17H2,1-2H3. The molecule has 1 aromatic carbocycles. The number of pyridine rings is 1. The van der Waals surface area contributed by atoms with E-state index in [9.17, 15) is 0 Å². The van der Waals surface area contributed by atoms with Crippen molar-refractivity contribution in [1.82, 2.24) is 4.98 Å². The van der Waals surface area contributed by atoms with Gasteiger partial charge in [0.25, 0.3) is 0 Å². The van der Waals surface area contributed by atoms with Crippen LogP contribution >= 0.6 is 11.6 Å². The highest BCUT2D eigenvalue weighted by Gasteiger charge is 2.12. The number of nitrogens with two attached hydrogens (primary N) is 1. The first-order valence-electron chi connectivity index (χ1n) is 6.36. The van der Waals surface area contributed by atoms with Crippen LogP contribution in [-0.2, 0) is 13.2 Å². The van der Waals surface area contributed by atoms with Crippen LogP contribution in [0.2, 0.25) is 5.02 Å². The molecule has 5 nitrogen and oxygen atoms in total. The molecule has 0 bridgehead atoms. The molecule has 1 aromatic heterocycles. The first kappa shape index (κ1) is 15.4. The molecule has 112 valence electrons. The van der Waals surface area contributed by atoms with Gasteiger partial charge in [-0.05, 0) is 17.7 Å². The van der Waals surface area contributed by atoms with E-state index in [1.165, 1.54) is 0 Å². The van der Waals surface area contributed by atoms with Gasteiger partial charge in [-0.2, -0.15) is 0 Å². The highest BCUT2D eigenvalue weighted by atomic mass is 35.5. The van der Waals surface area contributed by atoms with Crippen LogP contribution in [0, 0.1) is 0 Å². The lowest BCUT2D eigenvalue weighted by molar-refractivity contribution is 0.285. The molecule has 0 aliphatic rings. The van der Waals surface area contributed by atoms with Gasteiger partial charge in [0.15, 0.2) is 11.5 Å². The van der Waals surface area contributed by atoms with Gasteiger partial charge >= 0.3 is 0 Å². The third-order valence-corrected chi connectivity index (χ3v) is 3.26. The SMILES string of the molecule is COc1ccnc(COc2ccc(CN)cc2Cl)c1OC. The van der Waals surface area contributed by atoms with Crippen molar-refractivity contribution in [3.8, 4) is 17.2 Å². The van der Waals surface area contributed by atoms with Crippen LogP contribution in [-0.4, -0.2) is 19.2 Å². The second-order valence-electron chi connectivity index (χ2n) is 4.25. The smallest absolute Gasteiger partial charge is 0.185 e. The maximum Gasteiger partial charge on any atom is 0.185 e. The van der Waals surface area contributed by atoms with Crippen LogP contribution in [0.15, 0.2) is 30.5 Å². The van der Waals surface area contributed by atoms with Gasteiger partial charge < -0.3 is 19.9 Å². The summed E-state index contributed by atoms with van der Waals surface area (Å²) < 4.78 is 16.2. The van der Waals surface area contributed by atoms with Crippen LogP contribution in [0.5, 0.6) is 17.2 Å². The molecule has 0 fully saturated rings. The Labute approximate surface area is 128 Å². The molecule has 0 aliphatic heterocycles. The van der Waals surface area contributed by atoms with E-state index in [0.29, 0.717) is 34.5 Å². The first-order valence-corrected chi connectivity index (χ1v) is 6.74. The van der Waals surface area contributed by atoms with E-state index in [0.717, 1.165) is 5.56 Å². The fourth-order valence-corrected chi connectivity index (χ4v) is 2.15. The number of hydrogen-bond acceptors (Lipinski definition) is 5. The van der Waals surface area contributed by atoms with E-state index in [-0.39, 0.29) is 6.61 Å². The molecule has 0 amide bonds. The Kier molecular flexibility index (Phi) is 5.25. The van der Waals surface area contributed by atoms with Gasteiger partial charge in [0, 0.05) is 18.8 Å². The lowest BCUT2D eigenvalue weighted by Gasteiger charge is -2.13. The number of benzene rings is 1. The van der Waals surface area contributed by atoms with Gasteiger partial charge in [0.05, 0.1) is 19.2 Å². The van der Waals surface area contributed by atoms with Crippen molar-refractivity contribution >= 4 is 11.6 Å². The number of rotatable bonds is 6. The Morgan fingerprint density at radius 1 is 1.14 bits per heavy atom. The Hall–Kier alpha value is -1.98. The minimum absolute atomic E-state index is 0.224. The van der Waals surface area contributed by atoms with E-state index in [4.69, 9.17) is 31.5 Å². The quantitative estimate of drug-likeness (QED) is 0.889. The highest BCUT2D eigenvalue weighted by molar-refractivity contribution is 6.32. The summed E-state index contributed by atoms with van der Waals surface area (Å²) in [5, 5.41) is 0.514. The molecule has 6 heteroatoms. The molecule has 0 radical (unpaired) electrons. The molecule has 2 aromatic rings. The molecule has 21 heavy (non-hydrogen) atoms. The van der Waals surface area contributed by atoms with Gasteiger partial charge in [-0.3, -0.25) is 4.98 Å². The lowest BCUT2D eigenvalue weighted by Crippen LogP contribution is -2.04. The minimum atomic E-state index is 0.224. The summed E-state index contributed by atoms with van der Waals surface area (Å²) in [6.45, 7) is 0.660. The van der Waals surface area contributed by atoms with Crippen LogP contribution in [0.1, 0.15) is 11.3 Å². The van der Waals surface area contributed by atoms with Gasteiger partial charge in [-0.15, -0.1) is 0 Å². The number of methoxy groups -OCH3 is 2. The summed E-state index contributed by atoms with van der Waals surface area (Å²) in [5.41, 5.74) is 7.15. The molecule has 1 heterocycles. The fraction of sp³-hybridized carbons (Fsp3) is 0.267. The number of aromatic nitrogens is 1. The topological polar surface area (TPSA) is 66.6 Å². The summed E-state index contributed by atoms with van der Waals surface area (Å²) in [6.07, 6.45) is 1.64. The van der Waals surface area contributed by atoms with Crippen LogP contribution in [0.4, 0.5) is 0 Å². The predicted molar refractivity (Wildman–Crippen MR) is 81.0 cm³/mol. The van der Waals surface area contributed by atoms with Crippen LogP contribution < -0.4 is 19.9 Å². The van der Waals surface area contributed by atoms with E-state index in [1.54, 1.807) is 38.6 Å². The molecule has 2 rings (SSSR count).